The van der Waals surface area contributed by atoms with E-state index in [1.807, 2.05) is 60.8 Å². The minimum atomic E-state index is -0.419. The summed E-state index contributed by atoms with van der Waals surface area (Å²) >= 11 is 0. The molecule has 3 aromatic carbocycles. The Morgan fingerprint density at radius 1 is 0.707 bits per heavy atom. The second-order valence-electron chi connectivity index (χ2n) is 10.7. The van der Waals surface area contributed by atoms with E-state index in [9.17, 15) is 0 Å². The summed E-state index contributed by atoms with van der Waals surface area (Å²) in [4.78, 5) is 4.99. The quantitative estimate of drug-likeness (QED) is 0.210. The lowest BCUT2D eigenvalue weighted by Crippen LogP contribution is -2.45. The molecule has 0 saturated carbocycles. The van der Waals surface area contributed by atoms with Crippen LogP contribution in [0.15, 0.2) is 109 Å². The second-order valence-corrected chi connectivity index (χ2v) is 10.7. The van der Waals surface area contributed by atoms with Crippen molar-refractivity contribution in [3.05, 3.63) is 137 Å². The fourth-order valence-corrected chi connectivity index (χ4v) is 5.42. The molecule has 4 aromatic rings. The zero-order valence-corrected chi connectivity index (χ0v) is 23.3. The van der Waals surface area contributed by atoms with Crippen molar-refractivity contribution in [2.45, 2.75) is 70.4 Å². The van der Waals surface area contributed by atoms with Gasteiger partial charge < -0.3 is 18.8 Å². The lowest BCUT2D eigenvalue weighted by molar-refractivity contribution is -0.171. The standard InChI is InChI=1S/C36H36N2O3/c1-5-13-28(14-6-1)21-22-32-23-38-24-33(39-25-29-15-7-2-8-16-29)34(40-26-30-17-9-3-10-18-30)35(36(38)37-32)41-27-31-19-11-4-12-20-31/h2-4,7-13,15-20,23,33-35H,1,5-6,14,24-27H2/t33-,34-,35+/m0/s1. The van der Waals surface area contributed by atoms with Crippen LogP contribution in [0.2, 0.25) is 0 Å². The monoisotopic (exact) mass is 544 g/mol. The van der Waals surface area contributed by atoms with Gasteiger partial charge in [0.25, 0.3) is 0 Å². The molecular weight excluding hydrogens is 508 g/mol. The molecule has 0 unspecified atom stereocenters. The fraction of sp³-hybridized carbons (Fsp3) is 0.306. The van der Waals surface area contributed by atoms with Gasteiger partial charge in [0.15, 0.2) is 0 Å². The van der Waals surface area contributed by atoms with Crippen molar-refractivity contribution < 1.29 is 14.2 Å². The highest BCUT2D eigenvalue weighted by Crippen LogP contribution is 2.34. The van der Waals surface area contributed by atoms with Gasteiger partial charge in [-0.1, -0.05) is 103 Å². The molecule has 0 N–H and O–H groups in total. The summed E-state index contributed by atoms with van der Waals surface area (Å²) in [6.45, 7) is 2.02. The van der Waals surface area contributed by atoms with Crippen LogP contribution in [-0.4, -0.2) is 21.8 Å². The zero-order chi connectivity index (χ0) is 27.7. The largest absolute Gasteiger partial charge is 0.369 e. The minimum absolute atomic E-state index is 0.233. The van der Waals surface area contributed by atoms with Crippen LogP contribution in [0.5, 0.6) is 0 Å². The number of aromatic nitrogens is 2. The molecule has 41 heavy (non-hydrogen) atoms. The molecule has 208 valence electrons. The van der Waals surface area contributed by atoms with E-state index in [4.69, 9.17) is 19.2 Å². The van der Waals surface area contributed by atoms with Crippen LogP contribution in [0.4, 0.5) is 0 Å². The molecule has 0 bridgehead atoms. The number of allylic oxidation sites excluding steroid dienone is 2. The van der Waals surface area contributed by atoms with Crippen LogP contribution in [0, 0.1) is 11.8 Å². The lowest BCUT2D eigenvalue weighted by Gasteiger charge is -2.38. The highest BCUT2D eigenvalue weighted by Gasteiger charge is 2.41. The molecule has 1 aliphatic carbocycles. The Bertz CT molecular complexity index is 1490. The first-order chi connectivity index (χ1) is 20.3. The number of hydrogen-bond acceptors (Lipinski definition) is 4. The zero-order valence-electron chi connectivity index (χ0n) is 23.3. The van der Waals surface area contributed by atoms with Crippen molar-refractivity contribution >= 4 is 0 Å². The topological polar surface area (TPSA) is 45.5 Å². The minimum Gasteiger partial charge on any atom is -0.369 e. The predicted molar refractivity (Wildman–Crippen MR) is 160 cm³/mol. The molecule has 0 amide bonds. The third-order valence-corrected chi connectivity index (χ3v) is 7.61. The van der Waals surface area contributed by atoms with E-state index in [-0.39, 0.29) is 12.2 Å². The van der Waals surface area contributed by atoms with Crippen molar-refractivity contribution in [2.75, 3.05) is 0 Å². The second kappa shape index (κ2) is 13.6. The number of fused-ring (bicyclic) bond motifs is 1. The summed E-state index contributed by atoms with van der Waals surface area (Å²) in [6.07, 6.45) is 7.92. The van der Waals surface area contributed by atoms with E-state index in [2.05, 4.69) is 58.9 Å². The SMILES string of the molecule is C(#Cc1cn2c(n1)[C@H](OCc1ccccc1)[C@@H](OCc1ccccc1)[C@@H](OCc1ccccc1)C2)C1=CCCCC1. The van der Waals surface area contributed by atoms with Gasteiger partial charge in [-0.25, -0.2) is 4.98 Å². The van der Waals surface area contributed by atoms with Crippen LogP contribution >= 0.6 is 0 Å². The molecule has 1 aliphatic heterocycles. The summed E-state index contributed by atoms with van der Waals surface area (Å²) in [5, 5.41) is 0. The fourth-order valence-electron chi connectivity index (χ4n) is 5.42. The van der Waals surface area contributed by atoms with Gasteiger partial charge >= 0.3 is 0 Å². The first-order valence-corrected chi connectivity index (χ1v) is 14.6. The average Bonchev–Trinajstić information content (AvgIpc) is 3.45. The van der Waals surface area contributed by atoms with Crippen molar-refractivity contribution in [1.29, 1.82) is 0 Å². The van der Waals surface area contributed by atoms with E-state index in [0.717, 1.165) is 41.1 Å². The predicted octanol–water partition coefficient (Wildman–Crippen LogP) is 7.18. The summed E-state index contributed by atoms with van der Waals surface area (Å²) in [6, 6.07) is 30.7. The smallest absolute Gasteiger partial charge is 0.144 e. The molecule has 0 fully saturated rings. The molecule has 5 heteroatoms. The van der Waals surface area contributed by atoms with Gasteiger partial charge in [-0.3, -0.25) is 0 Å². The van der Waals surface area contributed by atoms with Gasteiger partial charge in [0.2, 0.25) is 0 Å². The van der Waals surface area contributed by atoms with Crippen molar-refractivity contribution in [2.24, 2.45) is 0 Å². The molecular formula is C36H36N2O3. The van der Waals surface area contributed by atoms with E-state index in [0.29, 0.717) is 26.4 Å². The van der Waals surface area contributed by atoms with E-state index in [1.165, 1.54) is 18.4 Å². The summed E-state index contributed by atoms with van der Waals surface area (Å²) in [5.41, 5.74) is 5.30. The van der Waals surface area contributed by atoms with Gasteiger partial charge in [-0.05, 0) is 53.9 Å². The Labute approximate surface area is 242 Å². The molecule has 1 aromatic heterocycles. The molecule has 0 saturated heterocycles. The molecule has 5 nitrogen and oxygen atoms in total. The first kappa shape index (κ1) is 27.2. The number of imidazole rings is 1. The highest BCUT2D eigenvalue weighted by molar-refractivity contribution is 5.38. The van der Waals surface area contributed by atoms with Gasteiger partial charge in [-0.15, -0.1) is 0 Å². The maximum absolute atomic E-state index is 6.64. The van der Waals surface area contributed by atoms with Crippen molar-refractivity contribution in [3.8, 4) is 11.8 Å². The maximum atomic E-state index is 6.64. The van der Waals surface area contributed by atoms with Gasteiger partial charge in [-0.2, -0.15) is 0 Å². The normalized spacial score (nSPS) is 20.0. The molecule has 2 aliphatic rings. The third-order valence-electron chi connectivity index (χ3n) is 7.61. The molecule has 3 atom stereocenters. The summed E-state index contributed by atoms with van der Waals surface area (Å²) in [7, 11) is 0. The highest BCUT2D eigenvalue weighted by atomic mass is 16.6. The van der Waals surface area contributed by atoms with E-state index >= 15 is 0 Å². The Morgan fingerprint density at radius 3 is 1.93 bits per heavy atom. The Balaban J connectivity index is 1.30. The molecule has 2 heterocycles. The Morgan fingerprint density at radius 2 is 1.32 bits per heavy atom. The Hall–Kier alpha value is -3.95. The van der Waals surface area contributed by atoms with Gasteiger partial charge in [0.1, 0.15) is 29.8 Å². The van der Waals surface area contributed by atoms with Crippen molar-refractivity contribution in [3.63, 3.8) is 0 Å². The molecule has 0 spiro atoms. The average molecular weight is 545 g/mol. The van der Waals surface area contributed by atoms with Crippen LogP contribution in [0.3, 0.4) is 0 Å². The number of hydrogen-bond donors (Lipinski definition) is 0. The third kappa shape index (κ3) is 7.23. The maximum Gasteiger partial charge on any atom is 0.144 e. The van der Waals surface area contributed by atoms with Crippen LogP contribution in [0.25, 0.3) is 0 Å². The van der Waals surface area contributed by atoms with Gasteiger partial charge in [0.05, 0.1) is 26.4 Å². The van der Waals surface area contributed by atoms with Crippen LogP contribution in [0.1, 0.15) is 60.0 Å². The number of benzene rings is 3. The first-order valence-electron chi connectivity index (χ1n) is 14.6. The summed E-state index contributed by atoms with van der Waals surface area (Å²) in [5.74, 6) is 7.53. The van der Waals surface area contributed by atoms with Crippen LogP contribution < -0.4 is 0 Å². The van der Waals surface area contributed by atoms with Crippen LogP contribution in [-0.2, 0) is 40.6 Å². The van der Waals surface area contributed by atoms with E-state index < -0.39 is 6.10 Å². The molecule has 6 rings (SSSR count). The lowest BCUT2D eigenvalue weighted by atomic mass is 10.0. The van der Waals surface area contributed by atoms with Gasteiger partial charge in [0, 0.05) is 6.20 Å². The summed E-state index contributed by atoms with van der Waals surface area (Å²) < 4.78 is 22.0. The number of nitrogens with zero attached hydrogens (tertiary/aromatic N) is 2. The van der Waals surface area contributed by atoms with Crippen molar-refractivity contribution in [1.82, 2.24) is 9.55 Å². The number of ether oxygens (including phenoxy) is 3. The molecule has 0 radical (unpaired) electrons. The number of rotatable bonds is 9. The van der Waals surface area contributed by atoms with E-state index in [1.54, 1.807) is 0 Å². The Kier molecular flexibility index (Phi) is 9.04.